The lowest BCUT2D eigenvalue weighted by Gasteiger charge is -2.25. The Morgan fingerprint density at radius 1 is 1.24 bits per heavy atom. The molecule has 2 rings (SSSR count). The van der Waals surface area contributed by atoms with Crippen LogP contribution in [0, 0.1) is 0 Å². The molecule has 1 aromatic carbocycles. The fraction of sp³-hybridized carbons (Fsp3) is 0.273. The second-order valence-corrected chi connectivity index (χ2v) is 4.96. The minimum atomic E-state index is -4.75. The highest BCUT2D eigenvalue weighted by Gasteiger charge is 2.53. The molecule has 0 aliphatic carbocycles. The second-order valence-electron chi connectivity index (χ2n) is 3.91. The van der Waals surface area contributed by atoms with Crippen LogP contribution >= 0.6 is 11.3 Å². The number of rotatable bonds is 1. The van der Waals surface area contributed by atoms with Crippen molar-refractivity contribution in [3.05, 3.63) is 29.1 Å². The van der Waals surface area contributed by atoms with Gasteiger partial charge in [-0.25, -0.2) is 0 Å². The molecule has 6 heteroatoms. The first-order valence-electron chi connectivity index (χ1n) is 4.81. The second kappa shape index (κ2) is 3.61. The van der Waals surface area contributed by atoms with Crippen molar-refractivity contribution < 1.29 is 18.3 Å². The predicted octanol–water partition coefficient (Wildman–Crippen LogP) is 3.25. The number of fused-ring (bicyclic) bond motifs is 1. The van der Waals surface area contributed by atoms with E-state index in [-0.39, 0.29) is 10.6 Å². The molecular weight excluding hydrogens is 251 g/mol. The summed E-state index contributed by atoms with van der Waals surface area (Å²) in [4.78, 5) is -0.258. The maximum absolute atomic E-state index is 12.7. The van der Waals surface area contributed by atoms with Gasteiger partial charge in [0.2, 0.25) is 0 Å². The van der Waals surface area contributed by atoms with Gasteiger partial charge in [0, 0.05) is 10.1 Å². The van der Waals surface area contributed by atoms with Gasteiger partial charge in [-0.15, -0.1) is 11.3 Å². The minimum absolute atomic E-state index is 0.00655. The molecule has 1 unspecified atom stereocenters. The molecule has 17 heavy (non-hydrogen) atoms. The van der Waals surface area contributed by atoms with E-state index in [2.05, 4.69) is 0 Å². The van der Waals surface area contributed by atoms with Crippen LogP contribution in [0.5, 0.6) is 0 Å². The van der Waals surface area contributed by atoms with Crippen LogP contribution in [0.3, 0.4) is 0 Å². The van der Waals surface area contributed by atoms with E-state index in [0.717, 1.165) is 11.3 Å². The number of hydrogen-bond acceptors (Lipinski definition) is 3. The molecule has 0 radical (unpaired) electrons. The van der Waals surface area contributed by atoms with Gasteiger partial charge in [-0.1, -0.05) is 18.2 Å². The molecule has 3 N–H and O–H groups in total. The molecular formula is C11H10F3NOS. The number of aliphatic hydroxyl groups is 1. The summed E-state index contributed by atoms with van der Waals surface area (Å²) >= 11 is 0.863. The normalized spacial score (nSPS) is 16.1. The van der Waals surface area contributed by atoms with Crippen LogP contribution in [0.15, 0.2) is 24.3 Å². The van der Waals surface area contributed by atoms with E-state index < -0.39 is 11.8 Å². The van der Waals surface area contributed by atoms with Gasteiger partial charge in [-0.05, 0) is 13.0 Å². The molecule has 0 spiro atoms. The van der Waals surface area contributed by atoms with Gasteiger partial charge < -0.3 is 10.8 Å². The Bertz CT molecular complexity index is 559. The average Bonchev–Trinajstić information content (AvgIpc) is 2.56. The Labute approximate surface area is 99.5 Å². The smallest absolute Gasteiger partial charge is 0.397 e. The molecule has 1 aromatic heterocycles. The van der Waals surface area contributed by atoms with Gasteiger partial charge in [-0.2, -0.15) is 13.2 Å². The zero-order valence-corrected chi connectivity index (χ0v) is 9.69. The molecule has 2 nitrogen and oxygen atoms in total. The zero-order valence-electron chi connectivity index (χ0n) is 8.88. The minimum Gasteiger partial charge on any atom is -0.397 e. The van der Waals surface area contributed by atoms with Crippen molar-refractivity contribution in [1.29, 1.82) is 0 Å². The monoisotopic (exact) mass is 261 g/mol. The highest BCUT2D eigenvalue weighted by Crippen LogP contribution is 2.47. The number of nitrogen functional groups attached to an aromatic ring is 1. The molecule has 0 aliphatic heterocycles. The third kappa shape index (κ3) is 1.77. The summed E-state index contributed by atoms with van der Waals surface area (Å²) in [7, 11) is 0. The Morgan fingerprint density at radius 2 is 1.82 bits per heavy atom. The van der Waals surface area contributed by atoms with Crippen molar-refractivity contribution in [1.82, 2.24) is 0 Å². The first kappa shape index (κ1) is 12.2. The first-order chi connectivity index (χ1) is 7.75. The van der Waals surface area contributed by atoms with E-state index in [0.29, 0.717) is 17.0 Å². The van der Waals surface area contributed by atoms with Crippen molar-refractivity contribution in [3.8, 4) is 0 Å². The quantitative estimate of drug-likeness (QED) is 0.827. The number of benzene rings is 1. The number of nitrogens with two attached hydrogens (primary N) is 1. The molecule has 1 atom stereocenters. The van der Waals surface area contributed by atoms with Gasteiger partial charge in [0.1, 0.15) is 0 Å². The Hall–Kier alpha value is -1.27. The molecule has 0 saturated carbocycles. The van der Waals surface area contributed by atoms with Gasteiger partial charge in [0.15, 0.2) is 5.60 Å². The van der Waals surface area contributed by atoms with Crippen LogP contribution in [0.4, 0.5) is 18.9 Å². The summed E-state index contributed by atoms with van der Waals surface area (Å²) in [6.07, 6.45) is -4.75. The molecule has 1 heterocycles. The summed E-state index contributed by atoms with van der Waals surface area (Å²) in [5.41, 5.74) is 2.75. The number of thiophene rings is 1. The maximum atomic E-state index is 12.7. The molecule has 2 aromatic rings. The van der Waals surface area contributed by atoms with Gasteiger partial charge in [-0.3, -0.25) is 0 Å². The van der Waals surface area contributed by atoms with E-state index in [1.165, 1.54) is 0 Å². The number of hydrogen-bond donors (Lipinski definition) is 2. The maximum Gasteiger partial charge on any atom is 0.422 e. The van der Waals surface area contributed by atoms with Crippen molar-refractivity contribution in [2.45, 2.75) is 18.7 Å². The number of anilines is 1. The topological polar surface area (TPSA) is 46.2 Å². The Balaban J connectivity index is 2.68. The largest absolute Gasteiger partial charge is 0.422 e. The van der Waals surface area contributed by atoms with E-state index >= 15 is 0 Å². The molecule has 0 aliphatic rings. The van der Waals surface area contributed by atoms with Gasteiger partial charge in [0.05, 0.1) is 10.6 Å². The lowest BCUT2D eigenvalue weighted by Crippen LogP contribution is -2.38. The zero-order chi connectivity index (χ0) is 12.8. The summed E-state index contributed by atoms with van der Waals surface area (Å²) in [5, 5.41) is 10.1. The summed E-state index contributed by atoms with van der Waals surface area (Å²) in [5.74, 6) is 0. The molecule has 0 saturated heterocycles. The van der Waals surface area contributed by atoms with Crippen LogP contribution < -0.4 is 5.73 Å². The van der Waals surface area contributed by atoms with E-state index in [1.807, 2.05) is 0 Å². The average molecular weight is 261 g/mol. The highest BCUT2D eigenvalue weighted by molar-refractivity contribution is 7.19. The van der Waals surface area contributed by atoms with Crippen LogP contribution in [0.1, 0.15) is 11.8 Å². The van der Waals surface area contributed by atoms with Gasteiger partial charge in [0.25, 0.3) is 0 Å². The molecule has 0 bridgehead atoms. The van der Waals surface area contributed by atoms with Crippen molar-refractivity contribution in [2.75, 3.05) is 5.73 Å². The molecule has 0 amide bonds. The highest BCUT2D eigenvalue weighted by atomic mass is 32.1. The third-order valence-electron chi connectivity index (χ3n) is 2.63. The molecule has 0 fully saturated rings. The van der Waals surface area contributed by atoms with Crippen molar-refractivity contribution >= 4 is 27.1 Å². The predicted molar refractivity (Wildman–Crippen MR) is 61.9 cm³/mol. The van der Waals surface area contributed by atoms with E-state index in [4.69, 9.17) is 5.73 Å². The van der Waals surface area contributed by atoms with E-state index in [9.17, 15) is 18.3 Å². The summed E-state index contributed by atoms with van der Waals surface area (Å²) in [6, 6.07) is 6.71. The SMILES string of the molecule is CC(O)(c1sc2ccccc2c1N)C(F)(F)F. The fourth-order valence-corrected chi connectivity index (χ4v) is 2.74. The third-order valence-corrected chi connectivity index (χ3v) is 4.03. The van der Waals surface area contributed by atoms with Crippen LogP contribution in [0.25, 0.3) is 10.1 Å². The lowest BCUT2D eigenvalue weighted by molar-refractivity contribution is -0.257. The Morgan fingerprint density at radius 3 is 2.35 bits per heavy atom. The summed E-state index contributed by atoms with van der Waals surface area (Å²) in [6.45, 7) is 0.716. The van der Waals surface area contributed by atoms with Crippen LogP contribution in [-0.2, 0) is 5.60 Å². The lowest BCUT2D eigenvalue weighted by atomic mass is 10.0. The number of alkyl halides is 3. The van der Waals surface area contributed by atoms with Crippen LogP contribution in [0.2, 0.25) is 0 Å². The molecule has 92 valence electrons. The van der Waals surface area contributed by atoms with Gasteiger partial charge >= 0.3 is 6.18 Å². The fourth-order valence-electron chi connectivity index (χ4n) is 1.56. The standard InChI is InChI=1S/C11H10F3NOS/c1-10(16,11(12,13)14)9-8(15)6-4-2-3-5-7(6)17-9/h2-5,16H,15H2,1H3. The number of halogens is 3. The van der Waals surface area contributed by atoms with Crippen molar-refractivity contribution in [3.63, 3.8) is 0 Å². The first-order valence-corrected chi connectivity index (χ1v) is 5.63. The Kier molecular flexibility index (Phi) is 2.59. The summed E-state index contributed by atoms with van der Waals surface area (Å²) < 4.78 is 38.8. The van der Waals surface area contributed by atoms with E-state index in [1.54, 1.807) is 24.3 Å². The van der Waals surface area contributed by atoms with Crippen molar-refractivity contribution in [2.24, 2.45) is 0 Å². The van der Waals surface area contributed by atoms with Crippen LogP contribution in [-0.4, -0.2) is 11.3 Å².